The summed E-state index contributed by atoms with van der Waals surface area (Å²) < 4.78 is 34.5. The fourth-order valence-corrected chi connectivity index (χ4v) is 5.37. The van der Waals surface area contributed by atoms with Gasteiger partial charge < -0.3 is 9.72 Å². The molecule has 142 valence electrons. The molecule has 0 spiro atoms. The third kappa shape index (κ3) is 3.04. The van der Waals surface area contributed by atoms with Crippen LogP contribution >= 0.6 is 0 Å². The Morgan fingerprint density at radius 3 is 2.44 bits per heavy atom. The first kappa shape index (κ1) is 17.8. The third-order valence-electron chi connectivity index (χ3n) is 5.10. The first-order valence-electron chi connectivity index (χ1n) is 8.85. The normalized spacial score (nSPS) is 16.6. The molecule has 2 heterocycles. The van der Waals surface area contributed by atoms with Gasteiger partial charge in [0.25, 0.3) is 0 Å². The number of sulfonamides is 1. The molecule has 0 aliphatic carbocycles. The number of ether oxygens (including phenoxy) is 1. The van der Waals surface area contributed by atoms with Gasteiger partial charge in [0.1, 0.15) is 10.6 Å². The van der Waals surface area contributed by atoms with Gasteiger partial charge in [-0.2, -0.15) is 4.31 Å². The molecule has 0 unspecified atom stereocenters. The fraction of sp³-hybridized carbons (Fsp3) is 0.316. The Morgan fingerprint density at radius 1 is 1.04 bits per heavy atom. The lowest BCUT2D eigenvalue weighted by Crippen LogP contribution is -2.40. The van der Waals surface area contributed by atoms with Crippen molar-refractivity contribution in [3.05, 3.63) is 59.0 Å². The maximum absolute atomic E-state index is 13.0. The van der Waals surface area contributed by atoms with E-state index in [1.54, 1.807) is 28.8 Å². The van der Waals surface area contributed by atoms with Gasteiger partial charge in [0.15, 0.2) is 0 Å². The predicted molar refractivity (Wildman–Crippen MR) is 103 cm³/mol. The van der Waals surface area contributed by atoms with E-state index in [0.717, 1.165) is 11.0 Å². The molecule has 4 rings (SSSR count). The van der Waals surface area contributed by atoms with Gasteiger partial charge in [-0.05, 0) is 37.1 Å². The number of para-hydroxylation sites is 3. The average molecular weight is 387 g/mol. The summed E-state index contributed by atoms with van der Waals surface area (Å²) in [6.07, 6.45) is 1.16. The van der Waals surface area contributed by atoms with Gasteiger partial charge in [0.2, 0.25) is 10.0 Å². The van der Waals surface area contributed by atoms with Crippen molar-refractivity contribution in [1.29, 1.82) is 0 Å². The minimum atomic E-state index is -3.64. The van der Waals surface area contributed by atoms with E-state index in [0.29, 0.717) is 31.7 Å². The van der Waals surface area contributed by atoms with Crippen LogP contribution in [0, 0.1) is 0 Å². The number of nitrogens with one attached hydrogen (secondary N) is 1. The largest absolute Gasteiger partial charge is 0.495 e. The number of benzene rings is 2. The summed E-state index contributed by atoms with van der Waals surface area (Å²) in [5.74, 6) is 0.340. The molecule has 1 aromatic heterocycles. The summed E-state index contributed by atoms with van der Waals surface area (Å²) in [6.45, 7) is 0.716. The second-order valence-electron chi connectivity index (χ2n) is 6.60. The number of aromatic amines is 1. The molecule has 8 heteroatoms. The Hall–Kier alpha value is -2.58. The lowest BCUT2D eigenvalue weighted by Gasteiger charge is -2.32. The Morgan fingerprint density at radius 2 is 1.70 bits per heavy atom. The summed E-state index contributed by atoms with van der Waals surface area (Å²) in [5, 5.41) is 0. The zero-order valence-electron chi connectivity index (χ0n) is 15.0. The van der Waals surface area contributed by atoms with Crippen molar-refractivity contribution >= 4 is 21.1 Å². The Kier molecular flexibility index (Phi) is 4.53. The second kappa shape index (κ2) is 6.86. The van der Waals surface area contributed by atoms with Crippen LogP contribution in [-0.4, -0.2) is 42.5 Å². The number of piperidine rings is 1. The van der Waals surface area contributed by atoms with Gasteiger partial charge in [0.05, 0.1) is 18.1 Å². The summed E-state index contributed by atoms with van der Waals surface area (Å²) in [6, 6.07) is 14.2. The van der Waals surface area contributed by atoms with Crippen LogP contribution in [0.4, 0.5) is 0 Å². The van der Waals surface area contributed by atoms with Crippen molar-refractivity contribution in [3.63, 3.8) is 0 Å². The zero-order valence-corrected chi connectivity index (χ0v) is 15.8. The van der Waals surface area contributed by atoms with Gasteiger partial charge in [-0.1, -0.05) is 24.3 Å². The van der Waals surface area contributed by atoms with Crippen molar-refractivity contribution in [1.82, 2.24) is 13.9 Å². The number of rotatable bonds is 4. The molecule has 0 bridgehead atoms. The number of nitrogens with zero attached hydrogens (tertiary/aromatic N) is 2. The van der Waals surface area contributed by atoms with Crippen LogP contribution in [0.3, 0.4) is 0 Å². The summed E-state index contributed by atoms with van der Waals surface area (Å²) in [7, 11) is -2.17. The summed E-state index contributed by atoms with van der Waals surface area (Å²) in [4.78, 5) is 15.4. The van der Waals surface area contributed by atoms with E-state index in [1.807, 2.05) is 24.3 Å². The highest BCUT2D eigenvalue weighted by Crippen LogP contribution is 2.31. The van der Waals surface area contributed by atoms with Crippen LogP contribution in [-0.2, 0) is 10.0 Å². The monoisotopic (exact) mass is 387 g/mol. The first-order valence-corrected chi connectivity index (χ1v) is 10.3. The summed E-state index contributed by atoms with van der Waals surface area (Å²) >= 11 is 0. The molecule has 0 radical (unpaired) electrons. The van der Waals surface area contributed by atoms with E-state index in [4.69, 9.17) is 4.74 Å². The van der Waals surface area contributed by atoms with Crippen LogP contribution in [0.25, 0.3) is 11.0 Å². The smallest absolute Gasteiger partial charge is 0.326 e. The van der Waals surface area contributed by atoms with Gasteiger partial charge in [-0.25, -0.2) is 13.2 Å². The van der Waals surface area contributed by atoms with Crippen LogP contribution < -0.4 is 10.4 Å². The number of hydrogen-bond donors (Lipinski definition) is 1. The number of imidazole rings is 1. The van der Waals surface area contributed by atoms with E-state index in [2.05, 4.69) is 4.98 Å². The van der Waals surface area contributed by atoms with E-state index in [1.165, 1.54) is 11.4 Å². The van der Waals surface area contributed by atoms with E-state index in [-0.39, 0.29) is 16.6 Å². The minimum Gasteiger partial charge on any atom is -0.495 e. The van der Waals surface area contributed by atoms with Crippen LogP contribution in [0.5, 0.6) is 5.75 Å². The average Bonchev–Trinajstić information content (AvgIpc) is 3.03. The summed E-state index contributed by atoms with van der Waals surface area (Å²) in [5.41, 5.74) is 1.50. The lowest BCUT2D eigenvalue weighted by atomic mass is 10.1. The topological polar surface area (TPSA) is 84.4 Å². The van der Waals surface area contributed by atoms with Crippen LogP contribution in [0.2, 0.25) is 0 Å². The number of methoxy groups -OCH3 is 1. The van der Waals surface area contributed by atoms with Crippen LogP contribution in [0.1, 0.15) is 18.9 Å². The maximum atomic E-state index is 13.0. The van der Waals surface area contributed by atoms with Gasteiger partial charge in [-0.15, -0.1) is 0 Å². The highest BCUT2D eigenvalue weighted by molar-refractivity contribution is 7.89. The molecule has 0 saturated carbocycles. The lowest BCUT2D eigenvalue weighted by molar-refractivity contribution is 0.273. The Bertz CT molecular complexity index is 1130. The maximum Gasteiger partial charge on any atom is 0.326 e. The molecule has 1 fully saturated rings. The molecule has 1 N–H and O–H groups in total. The zero-order chi connectivity index (χ0) is 19.0. The van der Waals surface area contributed by atoms with E-state index in [9.17, 15) is 13.2 Å². The van der Waals surface area contributed by atoms with Crippen molar-refractivity contribution in [2.24, 2.45) is 0 Å². The SMILES string of the molecule is COc1ccccc1S(=O)(=O)N1CCC(n2c(=O)[nH]c3ccccc32)CC1. The fourth-order valence-electron chi connectivity index (χ4n) is 3.75. The first-order chi connectivity index (χ1) is 13.0. The van der Waals surface area contributed by atoms with Gasteiger partial charge >= 0.3 is 5.69 Å². The molecule has 0 amide bonds. The Labute approximate surface area is 157 Å². The molecule has 1 saturated heterocycles. The molecule has 0 atom stereocenters. The highest BCUT2D eigenvalue weighted by atomic mass is 32.2. The quantitative estimate of drug-likeness (QED) is 0.745. The number of H-pyrrole nitrogens is 1. The number of aromatic nitrogens is 2. The van der Waals surface area contributed by atoms with Crippen molar-refractivity contribution in [2.75, 3.05) is 20.2 Å². The van der Waals surface area contributed by atoms with Gasteiger partial charge in [0, 0.05) is 19.1 Å². The molecule has 1 aliphatic rings. The van der Waals surface area contributed by atoms with E-state index < -0.39 is 10.0 Å². The molecule has 2 aromatic carbocycles. The number of hydrogen-bond acceptors (Lipinski definition) is 4. The van der Waals surface area contributed by atoms with Gasteiger partial charge in [-0.3, -0.25) is 4.57 Å². The minimum absolute atomic E-state index is 0.0298. The predicted octanol–water partition coefficient (Wildman–Crippen LogP) is 2.36. The molecule has 7 nitrogen and oxygen atoms in total. The number of fused-ring (bicyclic) bond motifs is 1. The van der Waals surface area contributed by atoms with E-state index >= 15 is 0 Å². The standard InChI is InChI=1S/C19H21N3O4S/c1-26-17-8-4-5-9-18(17)27(24,25)21-12-10-14(11-13-21)22-16-7-3-2-6-15(16)20-19(22)23/h2-9,14H,10-13H2,1H3,(H,20,23). The molecular weight excluding hydrogens is 366 g/mol. The van der Waals surface area contributed by atoms with Crippen molar-refractivity contribution < 1.29 is 13.2 Å². The molecule has 27 heavy (non-hydrogen) atoms. The molecule has 3 aromatic rings. The molecular formula is C19H21N3O4S. The third-order valence-corrected chi connectivity index (χ3v) is 7.04. The highest BCUT2D eigenvalue weighted by Gasteiger charge is 2.32. The second-order valence-corrected chi connectivity index (χ2v) is 8.51. The van der Waals surface area contributed by atoms with Crippen molar-refractivity contribution in [3.8, 4) is 5.75 Å². The Balaban J connectivity index is 1.58. The molecule has 1 aliphatic heterocycles. The van der Waals surface area contributed by atoms with Crippen molar-refractivity contribution in [2.45, 2.75) is 23.8 Å². The van der Waals surface area contributed by atoms with Crippen LogP contribution in [0.15, 0.2) is 58.2 Å².